The standard InChI is InChI=1S/C11H14O4/c1-7(12)9-5-8(13-2)6-10-11(9)15-4-3-14-10/h5-7,12H,3-4H2,1-2H3. The molecule has 0 fully saturated rings. The van der Waals surface area contributed by atoms with E-state index in [0.717, 1.165) is 0 Å². The molecule has 0 saturated carbocycles. The lowest BCUT2D eigenvalue weighted by atomic mass is 10.1. The van der Waals surface area contributed by atoms with Gasteiger partial charge in [-0.3, -0.25) is 0 Å². The van der Waals surface area contributed by atoms with Gasteiger partial charge in [0, 0.05) is 11.6 Å². The van der Waals surface area contributed by atoms with E-state index in [1.807, 2.05) is 0 Å². The lowest BCUT2D eigenvalue weighted by Gasteiger charge is -2.22. The Morgan fingerprint density at radius 1 is 1.33 bits per heavy atom. The van der Waals surface area contributed by atoms with E-state index >= 15 is 0 Å². The summed E-state index contributed by atoms with van der Waals surface area (Å²) < 4.78 is 16.0. The Morgan fingerprint density at radius 3 is 2.73 bits per heavy atom. The summed E-state index contributed by atoms with van der Waals surface area (Å²) >= 11 is 0. The topological polar surface area (TPSA) is 47.9 Å². The monoisotopic (exact) mass is 210 g/mol. The van der Waals surface area contributed by atoms with Crippen LogP contribution in [0.1, 0.15) is 18.6 Å². The Labute approximate surface area is 88.4 Å². The van der Waals surface area contributed by atoms with E-state index in [4.69, 9.17) is 14.2 Å². The van der Waals surface area contributed by atoms with Crippen molar-refractivity contribution in [3.63, 3.8) is 0 Å². The highest BCUT2D eigenvalue weighted by atomic mass is 16.6. The summed E-state index contributed by atoms with van der Waals surface area (Å²) in [5.74, 6) is 1.92. The van der Waals surface area contributed by atoms with Crippen LogP contribution in [0.5, 0.6) is 17.2 Å². The van der Waals surface area contributed by atoms with Crippen LogP contribution in [-0.4, -0.2) is 25.4 Å². The van der Waals surface area contributed by atoms with Crippen molar-refractivity contribution in [2.24, 2.45) is 0 Å². The predicted octanol–water partition coefficient (Wildman–Crippen LogP) is 1.52. The van der Waals surface area contributed by atoms with Crippen molar-refractivity contribution in [1.82, 2.24) is 0 Å². The van der Waals surface area contributed by atoms with Crippen LogP contribution < -0.4 is 14.2 Å². The Morgan fingerprint density at radius 2 is 2.07 bits per heavy atom. The molecule has 82 valence electrons. The number of hydrogen-bond acceptors (Lipinski definition) is 4. The molecule has 0 bridgehead atoms. The van der Waals surface area contributed by atoms with Gasteiger partial charge in [-0.25, -0.2) is 0 Å². The Balaban J connectivity index is 2.50. The quantitative estimate of drug-likeness (QED) is 0.804. The molecule has 0 aromatic heterocycles. The Bertz CT molecular complexity index is 360. The number of aliphatic hydroxyl groups excluding tert-OH is 1. The number of methoxy groups -OCH3 is 1. The molecule has 1 aliphatic heterocycles. The number of rotatable bonds is 2. The first-order valence-electron chi connectivity index (χ1n) is 4.88. The normalized spacial score (nSPS) is 15.9. The second-order valence-corrected chi connectivity index (χ2v) is 3.42. The minimum absolute atomic E-state index is 0.513. The molecule has 1 atom stereocenters. The molecule has 1 unspecified atom stereocenters. The zero-order valence-corrected chi connectivity index (χ0v) is 8.82. The molecule has 1 heterocycles. The summed E-state index contributed by atoms with van der Waals surface area (Å²) in [6.45, 7) is 2.73. The highest BCUT2D eigenvalue weighted by molar-refractivity contribution is 5.53. The molecule has 1 N–H and O–H groups in total. The summed E-state index contributed by atoms with van der Waals surface area (Å²) in [5, 5.41) is 9.61. The third-order valence-corrected chi connectivity index (χ3v) is 2.33. The fraction of sp³-hybridized carbons (Fsp3) is 0.455. The van der Waals surface area contributed by atoms with Crippen molar-refractivity contribution in [3.05, 3.63) is 17.7 Å². The predicted molar refractivity (Wildman–Crippen MR) is 54.6 cm³/mol. The molecule has 1 aromatic carbocycles. The number of fused-ring (bicyclic) bond motifs is 1. The first-order valence-corrected chi connectivity index (χ1v) is 4.88. The van der Waals surface area contributed by atoms with Gasteiger partial charge in [0.05, 0.1) is 13.2 Å². The molecule has 2 rings (SSSR count). The number of ether oxygens (including phenoxy) is 3. The maximum Gasteiger partial charge on any atom is 0.167 e. The molecule has 0 spiro atoms. The largest absolute Gasteiger partial charge is 0.497 e. The van der Waals surface area contributed by atoms with Gasteiger partial charge in [-0.2, -0.15) is 0 Å². The van der Waals surface area contributed by atoms with E-state index in [2.05, 4.69) is 0 Å². The summed E-state index contributed by atoms with van der Waals surface area (Å²) in [6, 6.07) is 3.53. The van der Waals surface area contributed by atoms with Gasteiger partial charge in [-0.05, 0) is 13.0 Å². The molecule has 15 heavy (non-hydrogen) atoms. The molecule has 4 nitrogen and oxygen atoms in total. The van der Waals surface area contributed by atoms with Crippen LogP contribution in [-0.2, 0) is 0 Å². The summed E-state index contributed by atoms with van der Waals surface area (Å²) in [5.41, 5.74) is 0.698. The maximum absolute atomic E-state index is 9.61. The van der Waals surface area contributed by atoms with E-state index in [1.165, 1.54) is 0 Å². The van der Waals surface area contributed by atoms with E-state index in [1.54, 1.807) is 26.2 Å². The lowest BCUT2D eigenvalue weighted by Crippen LogP contribution is -2.17. The van der Waals surface area contributed by atoms with Gasteiger partial charge in [0.2, 0.25) is 0 Å². The molecule has 1 aromatic rings. The van der Waals surface area contributed by atoms with Crippen molar-refractivity contribution in [2.45, 2.75) is 13.0 Å². The van der Waals surface area contributed by atoms with Gasteiger partial charge in [-0.15, -0.1) is 0 Å². The van der Waals surface area contributed by atoms with Gasteiger partial charge < -0.3 is 19.3 Å². The zero-order chi connectivity index (χ0) is 10.8. The highest BCUT2D eigenvalue weighted by Crippen LogP contribution is 2.40. The maximum atomic E-state index is 9.61. The second kappa shape index (κ2) is 3.98. The summed E-state index contributed by atoms with van der Waals surface area (Å²) in [6.07, 6.45) is -0.601. The molecule has 1 aliphatic rings. The summed E-state index contributed by atoms with van der Waals surface area (Å²) in [4.78, 5) is 0. The molecule has 0 aliphatic carbocycles. The fourth-order valence-electron chi connectivity index (χ4n) is 1.58. The zero-order valence-electron chi connectivity index (χ0n) is 8.82. The van der Waals surface area contributed by atoms with Gasteiger partial charge >= 0.3 is 0 Å². The van der Waals surface area contributed by atoms with E-state index in [-0.39, 0.29) is 0 Å². The van der Waals surface area contributed by atoms with E-state index < -0.39 is 6.10 Å². The highest BCUT2D eigenvalue weighted by Gasteiger charge is 2.20. The van der Waals surface area contributed by atoms with Gasteiger partial charge in [-0.1, -0.05) is 0 Å². The van der Waals surface area contributed by atoms with Crippen molar-refractivity contribution < 1.29 is 19.3 Å². The van der Waals surface area contributed by atoms with Crippen molar-refractivity contribution >= 4 is 0 Å². The average molecular weight is 210 g/mol. The van der Waals surface area contributed by atoms with Crippen LogP contribution in [0.25, 0.3) is 0 Å². The van der Waals surface area contributed by atoms with Crippen LogP contribution in [0, 0.1) is 0 Å². The SMILES string of the molecule is COc1cc2c(c(C(C)O)c1)OCCO2. The second-order valence-electron chi connectivity index (χ2n) is 3.42. The average Bonchev–Trinajstić information content (AvgIpc) is 2.27. The number of hydrogen-bond donors (Lipinski definition) is 1. The number of aliphatic hydroxyl groups is 1. The molecular weight excluding hydrogens is 196 g/mol. The first-order chi connectivity index (χ1) is 7.22. The van der Waals surface area contributed by atoms with Crippen LogP contribution >= 0.6 is 0 Å². The van der Waals surface area contributed by atoms with Gasteiger partial charge in [0.1, 0.15) is 19.0 Å². The van der Waals surface area contributed by atoms with Crippen molar-refractivity contribution in [2.75, 3.05) is 20.3 Å². The van der Waals surface area contributed by atoms with Gasteiger partial charge in [0.15, 0.2) is 11.5 Å². The molecule has 4 heteroatoms. The van der Waals surface area contributed by atoms with Crippen LogP contribution in [0.3, 0.4) is 0 Å². The van der Waals surface area contributed by atoms with Gasteiger partial charge in [0.25, 0.3) is 0 Å². The molecule has 0 amide bonds. The fourth-order valence-corrected chi connectivity index (χ4v) is 1.58. The smallest absolute Gasteiger partial charge is 0.167 e. The van der Waals surface area contributed by atoms with Crippen molar-refractivity contribution in [3.8, 4) is 17.2 Å². The molecule has 0 radical (unpaired) electrons. The first kappa shape index (κ1) is 10.1. The van der Waals surface area contributed by atoms with Crippen LogP contribution in [0.2, 0.25) is 0 Å². The Kier molecular flexibility index (Phi) is 2.68. The van der Waals surface area contributed by atoms with E-state index in [0.29, 0.717) is 36.0 Å². The Hall–Kier alpha value is -1.42. The minimum atomic E-state index is -0.601. The third-order valence-electron chi connectivity index (χ3n) is 2.33. The van der Waals surface area contributed by atoms with Crippen molar-refractivity contribution in [1.29, 1.82) is 0 Å². The van der Waals surface area contributed by atoms with E-state index in [9.17, 15) is 5.11 Å². The summed E-state index contributed by atoms with van der Waals surface area (Å²) in [7, 11) is 1.58. The van der Waals surface area contributed by atoms with Crippen LogP contribution in [0.4, 0.5) is 0 Å². The lowest BCUT2D eigenvalue weighted by molar-refractivity contribution is 0.152. The molecular formula is C11H14O4. The number of benzene rings is 1. The van der Waals surface area contributed by atoms with Crippen LogP contribution in [0.15, 0.2) is 12.1 Å². The molecule has 0 saturated heterocycles. The minimum Gasteiger partial charge on any atom is -0.497 e. The third kappa shape index (κ3) is 1.85.